The van der Waals surface area contributed by atoms with Crippen LogP contribution in [0, 0.1) is 0 Å². The van der Waals surface area contributed by atoms with Crippen molar-refractivity contribution in [3.05, 3.63) is 53.9 Å². The Morgan fingerprint density at radius 3 is 2.08 bits per heavy atom. The van der Waals surface area contributed by atoms with E-state index in [0.29, 0.717) is 31.2 Å². The molecule has 2 aliphatic heterocycles. The summed E-state index contributed by atoms with van der Waals surface area (Å²) in [6, 6.07) is 11.9. The van der Waals surface area contributed by atoms with E-state index in [0.717, 1.165) is 57.8 Å². The van der Waals surface area contributed by atoms with Gasteiger partial charge in [-0.05, 0) is 73.9 Å². The summed E-state index contributed by atoms with van der Waals surface area (Å²) in [5, 5.41) is 6.86. The van der Waals surface area contributed by atoms with Crippen LogP contribution in [0.1, 0.15) is 70.6 Å². The molecule has 6 nitrogen and oxygen atoms in total. The number of aromatic nitrogens is 1. The number of nitrogens with one attached hydrogen (secondary N) is 2. The van der Waals surface area contributed by atoms with Gasteiger partial charge in [-0.25, -0.2) is 0 Å². The van der Waals surface area contributed by atoms with Crippen LogP contribution in [0.15, 0.2) is 42.6 Å². The van der Waals surface area contributed by atoms with Crippen LogP contribution >= 0.6 is 0 Å². The van der Waals surface area contributed by atoms with Crippen molar-refractivity contribution >= 4 is 17.3 Å². The second kappa shape index (κ2) is 12.6. The number of piperidine rings is 2. The number of anilines is 2. The molecular formula is C30H42F3N5O. The topological polar surface area (TPSA) is 60.5 Å². The van der Waals surface area contributed by atoms with Gasteiger partial charge in [0.2, 0.25) is 5.91 Å². The van der Waals surface area contributed by atoms with Crippen LogP contribution in [0.3, 0.4) is 0 Å². The first kappa shape index (κ1) is 29.2. The predicted molar refractivity (Wildman–Crippen MR) is 150 cm³/mol. The fraction of sp³-hybridized carbons (Fsp3) is 0.600. The molecule has 1 aromatic heterocycles. The van der Waals surface area contributed by atoms with E-state index in [1.54, 1.807) is 6.07 Å². The van der Waals surface area contributed by atoms with Crippen LogP contribution in [0.4, 0.5) is 24.5 Å². The standard InChI is InChI=1S/C30H42F3N5O/c1-29(2,3)22-6-8-23(9-7-22)35-24-11-17-37(18-12-24)16-4-5-28(39)38-19-13-25(14-20-38)36-26-10-15-34-27(21-26)30(31,32)33/h6-10,15,21,24-25,35H,4-5,11-14,16-20H2,1-3H3,(H,34,36). The van der Waals surface area contributed by atoms with Crippen LogP contribution in [0.25, 0.3) is 0 Å². The number of benzene rings is 1. The summed E-state index contributed by atoms with van der Waals surface area (Å²) in [6.07, 6.45) is 1.72. The summed E-state index contributed by atoms with van der Waals surface area (Å²) >= 11 is 0. The zero-order chi connectivity index (χ0) is 28.0. The molecule has 0 bridgehead atoms. The number of pyridine rings is 1. The van der Waals surface area contributed by atoms with E-state index >= 15 is 0 Å². The Morgan fingerprint density at radius 1 is 0.897 bits per heavy atom. The molecule has 2 fully saturated rings. The van der Waals surface area contributed by atoms with Crippen molar-refractivity contribution in [2.45, 2.75) is 83.0 Å². The fourth-order valence-corrected chi connectivity index (χ4v) is 5.40. The Labute approximate surface area is 230 Å². The fourth-order valence-electron chi connectivity index (χ4n) is 5.40. The molecule has 0 atom stereocenters. The van der Waals surface area contributed by atoms with E-state index in [-0.39, 0.29) is 17.4 Å². The summed E-state index contributed by atoms with van der Waals surface area (Å²) in [6.45, 7) is 10.9. The van der Waals surface area contributed by atoms with Crippen molar-refractivity contribution in [2.24, 2.45) is 0 Å². The second-order valence-corrected chi connectivity index (χ2v) is 11.9. The molecule has 39 heavy (non-hydrogen) atoms. The monoisotopic (exact) mass is 545 g/mol. The van der Waals surface area contributed by atoms with E-state index < -0.39 is 11.9 Å². The summed E-state index contributed by atoms with van der Waals surface area (Å²) in [5.74, 6) is 0.173. The zero-order valence-corrected chi connectivity index (χ0v) is 23.4. The van der Waals surface area contributed by atoms with Gasteiger partial charge in [0.15, 0.2) is 0 Å². The molecule has 0 saturated carbocycles. The van der Waals surface area contributed by atoms with Crippen LogP contribution in [0.2, 0.25) is 0 Å². The van der Waals surface area contributed by atoms with Gasteiger partial charge in [0.25, 0.3) is 0 Å². The van der Waals surface area contributed by atoms with Crippen LogP contribution < -0.4 is 10.6 Å². The summed E-state index contributed by atoms with van der Waals surface area (Å²) in [4.78, 5) is 20.5. The summed E-state index contributed by atoms with van der Waals surface area (Å²) < 4.78 is 38.7. The van der Waals surface area contributed by atoms with Gasteiger partial charge in [-0.2, -0.15) is 13.2 Å². The Bertz CT molecular complexity index is 1070. The van der Waals surface area contributed by atoms with Crippen molar-refractivity contribution in [1.29, 1.82) is 0 Å². The third kappa shape index (κ3) is 8.59. The van der Waals surface area contributed by atoms with E-state index in [4.69, 9.17) is 0 Å². The van der Waals surface area contributed by atoms with Crippen molar-refractivity contribution in [3.8, 4) is 0 Å². The van der Waals surface area contributed by atoms with Gasteiger partial charge in [0.1, 0.15) is 5.69 Å². The smallest absolute Gasteiger partial charge is 0.382 e. The first-order chi connectivity index (χ1) is 18.5. The van der Waals surface area contributed by atoms with E-state index in [2.05, 4.69) is 65.6 Å². The minimum absolute atomic E-state index is 0.0452. The SMILES string of the molecule is CC(C)(C)c1ccc(NC2CCN(CCCC(=O)N3CCC(Nc4ccnc(C(F)(F)F)c4)CC3)CC2)cc1. The lowest BCUT2D eigenvalue weighted by atomic mass is 9.87. The van der Waals surface area contributed by atoms with Crippen LogP contribution in [-0.2, 0) is 16.4 Å². The molecule has 214 valence electrons. The van der Waals surface area contributed by atoms with Gasteiger partial charge in [-0.15, -0.1) is 0 Å². The van der Waals surface area contributed by atoms with Gasteiger partial charge in [0.05, 0.1) is 0 Å². The Kier molecular flexibility index (Phi) is 9.41. The van der Waals surface area contributed by atoms with E-state index in [1.807, 2.05) is 4.90 Å². The Morgan fingerprint density at radius 2 is 1.49 bits per heavy atom. The molecule has 2 aliphatic rings. The highest BCUT2D eigenvalue weighted by atomic mass is 19.4. The number of hydrogen-bond acceptors (Lipinski definition) is 5. The molecule has 0 aliphatic carbocycles. The van der Waals surface area contributed by atoms with Gasteiger partial charge in [-0.1, -0.05) is 32.9 Å². The molecule has 2 N–H and O–H groups in total. The number of alkyl halides is 3. The first-order valence-electron chi connectivity index (χ1n) is 14.1. The van der Waals surface area contributed by atoms with Crippen LogP contribution in [-0.4, -0.2) is 65.5 Å². The zero-order valence-electron chi connectivity index (χ0n) is 23.4. The minimum Gasteiger partial charge on any atom is -0.382 e. The maximum atomic E-state index is 12.9. The lowest BCUT2D eigenvalue weighted by Gasteiger charge is -2.34. The molecule has 0 unspecified atom stereocenters. The van der Waals surface area contributed by atoms with Crippen LogP contribution in [0.5, 0.6) is 0 Å². The molecule has 2 saturated heterocycles. The highest BCUT2D eigenvalue weighted by Crippen LogP contribution is 2.29. The molecule has 1 aromatic carbocycles. The highest BCUT2D eigenvalue weighted by Gasteiger charge is 2.33. The average Bonchev–Trinajstić information content (AvgIpc) is 2.89. The summed E-state index contributed by atoms with van der Waals surface area (Å²) in [7, 11) is 0. The largest absolute Gasteiger partial charge is 0.433 e. The van der Waals surface area contributed by atoms with Gasteiger partial charge in [0, 0.05) is 62.3 Å². The first-order valence-corrected chi connectivity index (χ1v) is 14.1. The Balaban J connectivity index is 1.11. The number of amides is 1. The van der Waals surface area contributed by atoms with Gasteiger partial charge >= 0.3 is 6.18 Å². The van der Waals surface area contributed by atoms with Gasteiger partial charge < -0.3 is 20.4 Å². The number of rotatable bonds is 8. The number of carbonyl (C=O) groups excluding carboxylic acids is 1. The minimum atomic E-state index is -4.46. The van der Waals surface area contributed by atoms with Crippen molar-refractivity contribution < 1.29 is 18.0 Å². The lowest BCUT2D eigenvalue weighted by molar-refractivity contribution is -0.141. The van der Waals surface area contributed by atoms with Crippen molar-refractivity contribution in [3.63, 3.8) is 0 Å². The highest BCUT2D eigenvalue weighted by molar-refractivity contribution is 5.76. The van der Waals surface area contributed by atoms with E-state index in [9.17, 15) is 18.0 Å². The van der Waals surface area contributed by atoms with Gasteiger partial charge in [-0.3, -0.25) is 9.78 Å². The second-order valence-electron chi connectivity index (χ2n) is 11.9. The number of nitrogens with zero attached hydrogens (tertiary/aromatic N) is 3. The third-order valence-corrected chi connectivity index (χ3v) is 7.84. The Hall–Kier alpha value is -2.81. The molecule has 0 spiro atoms. The predicted octanol–water partition coefficient (Wildman–Crippen LogP) is 6.16. The number of likely N-dealkylation sites (tertiary alicyclic amines) is 2. The molecule has 3 heterocycles. The normalized spacial score (nSPS) is 18.3. The molecule has 1 amide bonds. The van der Waals surface area contributed by atoms with Crippen molar-refractivity contribution in [2.75, 3.05) is 43.4 Å². The molecular weight excluding hydrogens is 503 g/mol. The maximum Gasteiger partial charge on any atom is 0.433 e. The number of hydrogen-bond donors (Lipinski definition) is 2. The van der Waals surface area contributed by atoms with E-state index in [1.165, 1.54) is 17.4 Å². The quantitative estimate of drug-likeness (QED) is 0.416. The number of carbonyl (C=O) groups is 1. The van der Waals surface area contributed by atoms with Crippen molar-refractivity contribution in [1.82, 2.24) is 14.8 Å². The molecule has 2 aromatic rings. The average molecular weight is 546 g/mol. The lowest BCUT2D eigenvalue weighted by Crippen LogP contribution is -2.43. The third-order valence-electron chi connectivity index (χ3n) is 7.84. The molecule has 0 radical (unpaired) electrons. The maximum absolute atomic E-state index is 12.9. The molecule has 9 heteroatoms. The summed E-state index contributed by atoms with van der Waals surface area (Å²) in [5.41, 5.74) is 2.20. The number of halogens is 3. The molecule has 4 rings (SSSR count).